The second-order valence-corrected chi connectivity index (χ2v) is 6.86. The first-order chi connectivity index (χ1) is 9.33. The Labute approximate surface area is 119 Å². The van der Waals surface area contributed by atoms with Crippen molar-refractivity contribution in [3.63, 3.8) is 0 Å². The minimum atomic E-state index is 0.418. The zero-order chi connectivity index (χ0) is 13.5. The molecule has 0 aliphatic heterocycles. The van der Waals surface area contributed by atoms with Gasteiger partial charge in [0.15, 0.2) is 0 Å². The van der Waals surface area contributed by atoms with Gasteiger partial charge >= 0.3 is 0 Å². The average Bonchev–Trinajstić information content (AvgIpc) is 2.48. The number of hydrogen-bond acceptors (Lipinski definition) is 1. The molecule has 0 radical (unpaired) electrons. The fourth-order valence-electron chi connectivity index (χ4n) is 4.11. The summed E-state index contributed by atoms with van der Waals surface area (Å²) in [6, 6.07) is 0. The first-order valence-corrected chi connectivity index (χ1v) is 8.61. The van der Waals surface area contributed by atoms with Crippen LogP contribution >= 0.6 is 0 Å². The van der Waals surface area contributed by atoms with Crippen LogP contribution in [-0.2, 0) is 0 Å². The predicted molar refractivity (Wildman–Crippen MR) is 82.0 cm³/mol. The summed E-state index contributed by atoms with van der Waals surface area (Å²) in [6.45, 7) is 2.67. The molecule has 0 heterocycles. The molecule has 0 aromatic heterocycles. The van der Waals surface area contributed by atoms with Crippen molar-refractivity contribution >= 4 is 0 Å². The van der Waals surface area contributed by atoms with Crippen molar-refractivity contribution in [2.45, 2.75) is 71.1 Å². The summed E-state index contributed by atoms with van der Waals surface area (Å²) in [7, 11) is 0. The number of aliphatic hydroxyl groups is 1. The molecule has 19 heavy (non-hydrogen) atoms. The van der Waals surface area contributed by atoms with Gasteiger partial charge in [-0.1, -0.05) is 25.5 Å². The number of unbranched alkanes of at least 4 members (excludes halogenated alkanes) is 1. The zero-order valence-electron chi connectivity index (χ0n) is 12.7. The maximum Gasteiger partial charge on any atom is 0.0459 e. The summed E-state index contributed by atoms with van der Waals surface area (Å²) in [5.41, 5.74) is 0. The van der Waals surface area contributed by atoms with Crippen molar-refractivity contribution in [2.75, 3.05) is 6.61 Å². The topological polar surface area (TPSA) is 20.2 Å². The molecule has 1 heteroatoms. The Kier molecular flexibility index (Phi) is 6.43. The number of rotatable bonds is 5. The number of hydrogen-bond donors (Lipinski definition) is 1. The van der Waals surface area contributed by atoms with Gasteiger partial charge in [-0.05, 0) is 81.5 Å². The van der Waals surface area contributed by atoms with Crippen LogP contribution < -0.4 is 0 Å². The lowest BCUT2D eigenvalue weighted by Crippen LogP contribution is -2.26. The van der Waals surface area contributed by atoms with Gasteiger partial charge in [0.2, 0.25) is 0 Å². The van der Waals surface area contributed by atoms with Crippen LogP contribution in [0.1, 0.15) is 71.1 Å². The molecule has 0 bridgehead atoms. The summed E-state index contributed by atoms with van der Waals surface area (Å²) < 4.78 is 0. The van der Waals surface area contributed by atoms with Crippen LogP contribution in [0.4, 0.5) is 0 Å². The number of aliphatic hydroxyl groups excluding tert-OH is 1. The monoisotopic (exact) mass is 264 g/mol. The van der Waals surface area contributed by atoms with Crippen molar-refractivity contribution < 1.29 is 5.11 Å². The smallest absolute Gasteiger partial charge is 0.0459 e. The highest BCUT2D eigenvalue weighted by atomic mass is 16.3. The van der Waals surface area contributed by atoms with Gasteiger partial charge in [0.25, 0.3) is 0 Å². The van der Waals surface area contributed by atoms with Crippen LogP contribution in [0.15, 0.2) is 12.2 Å². The molecule has 1 nitrogen and oxygen atoms in total. The van der Waals surface area contributed by atoms with Gasteiger partial charge in [-0.3, -0.25) is 0 Å². The van der Waals surface area contributed by atoms with Gasteiger partial charge in [0, 0.05) is 6.61 Å². The van der Waals surface area contributed by atoms with Gasteiger partial charge in [-0.15, -0.1) is 0 Å². The lowest BCUT2D eigenvalue weighted by Gasteiger charge is -2.37. The molecular formula is C18H32O. The molecule has 2 rings (SSSR count). The second-order valence-electron chi connectivity index (χ2n) is 6.86. The third-order valence-corrected chi connectivity index (χ3v) is 5.50. The molecule has 110 valence electrons. The van der Waals surface area contributed by atoms with E-state index in [2.05, 4.69) is 19.1 Å². The molecular weight excluding hydrogens is 232 g/mol. The molecule has 0 aromatic rings. The zero-order valence-corrected chi connectivity index (χ0v) is 12.7. The Morgan fingerprint density at radius 1 is 0.895 bits per heavy atom. The first-order valence-electron chi connectivity index (χ1n) is 8.61. The Bertz CT molecular complexity index is 255. The van der Waals surface area contributed by atoms with Gasteiger partial charge in [0.1, 0.15) is 0 Å². The van der Waals surface area contributed by atoms with Gasteiger partial charge in [-0.25, -0.2) is 0 Å². The lowest BCUT2D eigenvalue weighted by atomic mass is 9.69. The quantitative estimate of drug-likeness (QED) is 0.697. The molecule has 2 aliphatic carbocycles. The molecule has 1 N–H and O–H groups in total. The fraction of sp³-hybridized carbons (Fsp3) is 0.889. The maximum atomic E-state index is 9.22. The Hall–Kier alpha value is -0.300. The van der Waals surface area contributed by atoms with Gasteiger partial charge in [0.05, 0.1) is 0 Å². The molecule has 2 fully saturated rings. The van der Waals surface area contributed by atoms with E-state index in [9.17, 15) is 5.11 Å². The minimum absolute atomic E-state index is 0.418. The van der Waals surface area contributed by atoms with E-state index in [1.807, 2.05) is 0 Å². The molecule has 0 amide bonds. The molecule has 2 aliphatic rings. The SMILES string of the molecule is CCC/C=C/[C@H]1CC[C@H](C2CCC(CO)CC2)CC1. The summed E-state index contributed by atoms with van der Waals surface area (Å²) in [5, 5.41) is 9.22. The highest BCUT2D eigenvalue weighted by Gasteiger charge is 2.29. The van der Waals surface area contributed by atoms with Crippen LogP contribution in [0, 0.1) is 23.7 Å². The van der Waals surface area contributed by atoms with E-state index in [0.717, 1.165) is 17.8 Å². The van der Waals surface area contributed by atoms with Gasteiger partial charge in [-0.2, -0.15) is 0 Å². The van der Waals surface area contributed by atoms with Crippen LogP contribution in [0.5, 0.6) is 0 Å². The van der Waals surface area contributed by atoms with E-state index in [1.165, 1.54) is 64.2 Å². The Balaban J connectivity index is 1.68. The predicted octanol–water partition coefficient (Wildman–Crippen LogP) is 4.95. The average molecular weight is 264 g/mol. The van der Waals surface area contributed by atoms with Crippen molar-refractivity contribution in [1.29, 1.82) is 0 Å². The summed E-state index contributed by atoms with van der Waals surface area (Å²) in [5.74, 6) is 3.46. The van der Waals surface area contributed by atoms with Gasteiger partial charge < -0.3 is 5.11 Å². The molecule has 0 spiro atoms. The second kappa shape index (κ2) is 8.09. The normalized spacial score (nSPS) is 36.7. The molecule has 0 saturated heterocycles. The van der Waals surface area contributed by atoms with E-state index in [1.54, 1.807) is 0 Å². The lowest BCUT2D eigenvalue weighted by molar-refractivity contribution is 0.122. The number of allylic oxidation sites excluding steroid dienone is 2. The van der Waals surface area contributed by atoms with Crippen LogP contribution in [0.3, 0.4) is 0 Å². The van der Waals surface area contributed by atoms with Crippen molar-refractivity contribution in [2.24, 2.45) is 23.7 Å². The highest BCUT2D eigenvalue weighted by molar-refractivity contribution is 4.92. The van der Waals surface area contributed by atoms with Crippen LogP contribution in [-0.4, -0.2) is 11.7 Å². The summed E-state index contributed by atoms with van der Waals surface area (Å²) in [4.78, 5) is 0. The van der Waals surface area contributed by atoms with Crippen molar-refractivity contribution in [1.82, 2.24) is 0 Å². The molecule has 0 aromatic carbocycles. The largest absolute Gasteiger partial charge is 0.396 e. The molecule has 0 atom stereocenters. The standard InChI is InChI=1S/C18H32O/c1-2-3-4-5-15-6-10-17(11-7-15)18-12-8-16(14-19)9-13-18/h4-5,15-19H,2-3,6-14H2,1H3/b5-4+/t15-,16?,17-,18?. The molecule has 2 saturated carbocycles. The first kappa shape index (κ1) is 15.1. The molecule has 0 unspecified atom stereocenters. The summed E-state index contributed by atoms with van der Waals surface area (Å²) in [6.07, 6.45) is 18.5. The van der Waals surface area contributed by atoms with E-state index in [0.29, 0.717) is 12.5 Å². The summed E-state index contributed by atoms with van der Waals surface area (Å²) >= 11 is 0. The Morgan fingerprint density at radius 3 is 2.00 bits per heavy atom. The van der Waals surface area contributed by atoms with E-state index in [-0.39, 0.29) is 0 Å². The van der Waals surface area contributed by atoms with Crippen LogP contribution in [0.2, 0.25) is 0 Å². The third kappa shape index (κ3) is 4.63. The van der Waals surface area contributed by atoms with Crippen molar-refractivity contribution in [3.8, 4) is 0 Å². The van der Waals surface area contributed by atoms with E-state index < -0.39 is 0 Å². The van der Waals surface area contributed by atoms with Crippen molar-refractivity contribution in [3.05, 3.63) is 12.2 Å². The van der Waals surface area contributed by atoms with Crippen LogP contribution in [0.25, 0.3) is 0 Å². The third-order valence-electron chi connectivity index (χ3n) is 5.50. The fourth-order valence-corrected chi connectivity index (χ4v) is 4.11. The minimum Gasteiger partial charge on any atom is -0.396 e. The van der Waals surface area contributed by atoms with E-state index in [4.69, 9.17) is 0 Å². The van der Waals surface area contributed by atoms with E-state index >= 15 is 0 Å². The maximum absolute atomic E-state index is 9.22. The highest BCUT2D eigenvalue weighted by Crippen LogP contribution is 2.41. The Morgan fingerprint density at radius 2 is 1.47 bits per heavy atom.